The molecule has 22 heavy (non-hydrogen) atoms. The lowest BCUT2D eigenvalue weighted by Crippen LogP contribution is -2.42. The molecule has 1 unspecified atom stereocenters. The Balaban J connectivity index is 2.70. The lowest BCUT2D eigenvalue weighted by atomic mass is 10.1. The van der Waals surface area contributed by atoms with Gasteiger partial charge in [-0.15, -0.1) is 0 Å². The Morgan fingerprint density at radius 1 is 1.36 bits per heavy atom. The van der Waals surface area contributed by atoms with Crippen LogP contribution in [-0.2, 0) is 9.53 Å². The quantitative estimate of drug-likeness (QED) is 0.825. The van der Waals surface area contributed by atoms with E-state index in [1.807, 2.05) is 20.8 Å². The second kappa shape index (κ2) is 7.31. The van der Waals surface area contributed by atoms with Crippen LogP contribution >= 0.6 is 0 Å². The molecule has 1 aromatic heterocycles. The molecule has 7 nitrogen and oxygen atoms in total. The van der Waals surface area contributed by atoms with Crippen LogP contribution < -0.4 is 5.32 Å². The van der Waals surface area contributed by atoms with Crippen molar-refractivity contribution in [3.63, 3.8) is 0 Å². The molecule has 122 valence electrons. The first-order chi connectivity index (χ1) is 10.1. The van der Waals surface area contributed by atoms with E-state index in [1.54, 1.807) is 13.8 Å². The predicted molar refractivity (Wildman–Crippen MR) is 80.7 cm³/mol. The van der Waals surface area contributed by atoms with Crippen molar-refractivity contribution in [2.45, 2.75) is 52.7 Å². The number of aryl methyl sites for hydroxylation is 2. The van der Waals surface area contributed by atoms with Gasteiger partial charge in [0.2, 0.25) is 0 Å². The molecule has 1 amide bonds. The third kappa shape index (κ3) is 5.77. The Bertz CT molecular complexity index is 552. The van der Waals surface area contributed by atoms with E-state index in [1.165, 1.54) is 6.20 Å². The van der Waals surface area contributed by atoms with Crippen LogP contribution in [0.4, 0.5) is 0 Å². The third-order valence-electron chi connectivity index (χ3n) is 2.89. The summed E-state index contributed by atoms with van der Waals surface area (Å²) in [5, 5.41) is 11.7. The summed E-state index contributed by atoms with van der Waals surface area (Å²) in [7, 11) is 0. The van der Waals surface area contributed by atoms with Gasteiger partial charge in [-0.25, -0.2) is 14.8 Å². The fraction of sp³-hybridized carbons (Fsp3) is 0.600. The number of nitrogens with one attached hydrogen (secondary N) is 1. The van der Waals surface area contributed by atoms with Crippen molar-refractivity contribution in [1.82, 2.24) is 15.3 Å². The van der Waals surface area contributed by atoms with Gasteiger partial charge in [-0.05, 0) is 34.6 Å². The minimum Gasteiger partial charge on any atom is -0.480 e. The zero-order valence-corrected chi connectivity index (χ0v) is 13.6. The molecule has 0 fully saturated rings. The van der Waals surface area contributed by atoms with Crippen LogP contribution in [0.1, 0.15) is 49.1 Å². The molecule has 0 radical (unpaired) electrons. The molecule has 2 N–H and O–H groups in total. The van der Waals surface area contributed by atoms with Crippen LogP contribution in [0.5, 0.6) is 0 Å². The van der Waals surface area contributed by atoms with Gasteiger partial charge in [0.05, 0.1) is 16.9 Å². The van der Waals surface area contributed by atoms with Crippen molar-refractivity contribution in [2.24, 2.45) is 0 Å². The number of nitrogens with zero attached hydrogens (tertiary/aromatic N) is 2. The number of carboxylic acid groups (broad SMARTS) is 1. The number of aromatic nitrogens is 2. The Hall–Kier alpha value is -2.02. The molecule has 0 aliphatic carbocycles. The molecule has 0 aliphatic rings. The van der Waals surface area contributed by atoms with E-state index in [-0.39, 0.29) is 24.2 Å². The number of carbonyl (C=O) groups excluding carboxylic acids is 1. The van der Waals surface area contributed by atoms with Crippen LogP contribution in [0, 0.1) is 13.8 Å². The van der Waals surface area contributed by atoms with E-state index in [2.05, 4.69) is 15.3 Å². The molecule has 1 rings (SSSR count). The van der Waals surface area contributed by atoms with Crippen molar-refractivity contribution in [1.29, 1.82) is 0 Å². The zero-order valence-electron chi connectivity index (χ0n) is 13.6. The van der Waals surface area contributed by atoms with Crippen LogP contribution in [0.25, 0.3) is 0 Å². The van der Waals surface area contributed by atoms with Crippen molar-refractivity contribution in [2.75, 3.05) is 6.61 Å². The number of carbonyl (C=O) groups is 2. The number of hydrogen-bond donors (Lipinski definition) is 2. The second-order valence-electron chi connectivity index (χ2n) is 6.03. The molecule has 0 saturated carbocycles. The van der Waals surface area contributed by atoms with E-state index >= 15 is 0 Å². The number of amides is 1. The smallest absolute Gasteiger partial charge is 0.326 e. The summed E-state index contributed by atoms with van der Waals surface area (Å²) in [6, 6.07) is -1.02. The number of carboxylic acids is 1. The molecular weight excluding hydrogens is 286 g/mol. The van der Waals surface area contributed by atoms with Gasteiger partial charge in [-0.1, -0.05) is 0 Å². The largest absolute Gasteiger partial charge is 0.480 e. The molecule has 1 atom stereocenters. The Morgan fingerprint density at radius 3 is 2.50 bits per heavy atom. The van der Waals surface area contributed by atoms with Gasteiger partial charge in [0.25, 0.3) is 5.91 Å². The standard InChI is InChI=1S/C15H23N3O4/c1-9-11(8-16-10(2)17-9)13(19)18-12(14(20)21)6-7-22-15(3,4)5/h8,12H,6-7H2,1-5H3,(H,18,19)(H,20,21). The average molecular weight is 309 g/mol. The summed E-state index contributed by atoms with van der Waals surface area (Å²) >= 11 is 0. The van der Waals surface area contributed by atoms with Gasteiger partial charge in [0, 0.05) is 19.2 Å². The van der Waals surface area contributed by atoms with Crippen molar-refractivity contribution >= 4 is 11.9 Å². The van der Waals surface area contributed by atoms with Crippen LogP contribution in [0.2, 0.25) is 0 Å². The van der Waals surface area contributed by atoms with E-state index in [9.17, 15) is 14.7 Å². The van der Waals surface area contributed by atoms with Gasteiger partial charge in [-0.3, -0.25) is 4.79 Å². The molecular formula is C15H23N3O4. The van der Waals surface area contributed by atoms with E-state index in [0.29, 0.717) is 11.5 Å². The highest BCUT2D eigenvalue weighted by Gasteiger charge is 2.23. The summed E-state index contributed by atoms with van der Waals surface area (Å²) in [5.74, 6) is -1.04. The predicted octanol–water partition coefficient (Wildman–Crippen LogP) is 1.48. The molecule has 7 heteroatoms. The highest BCUT2D eigenvalue weighted by molar-refractivity contribution is 5.97. The molecule has 1 heterocycles. The zero-order chi connectivity index (χ0) is 16.9. The maximum absolute atomic E-state index is 12.2. The third-order valence-corrected chi connectivity index (χ3v) is 2.89. The fourth-order valence-electron chi connectivity index (χ4n) is 1.78. The summed E-state index contributed by atoms with van der Waals surface area (Å²) in [4.78, 5) is 31.5. The van der Waals surface area contributed by atoms with Gasteiger partial charge >= 0.3 is 5.97 Å². The minimum absolute atomic E-state index is 0.185. The second-order valence-corrected chi connectivity index (χ2v) is 6.03. The van der Waals surface area contributed by atoms with Gasteiger partial charge in [0.1, 0.15) is 11.9 Å². The molecule has 0 saturated heterocycles. The monoisotopic (exact) mass is 309 g/mol. The molecule has 1 aromatic rings. The molecule has 0 spiro atoms. The fourth-order valence-corrected chi connectivity index (χ4v) is 1.78. The summed E-state index contributed by atoms with van der Waals surface area (Å²) < 4.78 is 5.50. The van der Waals surface area contributed by atoms with Crippen molar-refractivity contribution < 1.29 is 19.4 Å². The maximum atomic E-state index is 12.2. The van der Waals surface area contributed by atoms with Crippen LogP contribution in [0.3, 0.4) is 0 Å². The van der Waals surface area contributed by atoms with E-state index < -0.39 is 17.9 Å². The Morgan fingerprint density at radius 2 is 2.00 bits per heavy atom. The normalized spacial score (nSPS) is 12.8. The first kappa shape index (κ1) is 18.0. The number of rotatable bonds is 6. The Kier molecular flexibility index (Phi) is 5.99. The van der Waals surface area contributed by atoms with E-state index in [0.717, 1.165) is 0 Å². The maximum Gasteiger partial charge on any atom is 0.326 e. The summed E-state index contributed by atoms with van der Waals surface area (Å²) in [5.41, 5.74) is 0.433. The van der Waals surface area contributed by atoms with Gasteiger partial charge < -0.3 is 15.2 Å². The SMILES string of the molecule is Cc1ncc(C(=O)NC(CCOC(C)(C)C)C(=O)O)c(C)n1. The number of aliphatic carboxylic acids is 1. The topological polar surface area (TPSA) is 101 Å². The van der Waals surface area contributed by atoms with Gasteiger partial charge in [-0.2, -0.15) is 0 Å². The lowest BCUT2D eigenvalue weighted by molar-refractivity contribution is -0.140. The minimum atomic E-state index is -1.10. The van der Waals surface area contributed by atoms with Gasteiger partial charge in [0.15, 0.2) is 0 Å². The first-order valence-corrected chi connectivity index (χ1v) is 7.08. The first-order valence-electron chi connectivity index (χ1n) is 7.08. The van der Waals surface area contributed by atoms with Crippen molar-refractivity contribution in [3.05, 3.63) is 23.3 Å². The van der Waals surface area contributed by atoms with Crippen LogP contribution in [-0.4, -0.2) is 45.2 Å². The van der Waals surface area contributed by atoms with Crippen LogP contribution in [0.15, 0.2) is 6.20 Å². The Labute approximate surface area is 130 Å². The van der Waals surface area contributed by atoms with Crippen molar-refractivity contribution in [3.8, 4) is 0 Å². The highest BCUT2D eigenvalue weighted by atomic mass is 16.5. The average Bonchev–Trinajstić information content (AvgIpc) is 2.35. The summed E-state index contributed by atoms with van der Waals surface area (Å²) in [6.07, 6.45) is 1.58. The summed E-state index contributed by atoms with van der Waals surface area (Å²) in [6.45, 7) is 9.29. The molecule has 0 bridgehead atoms. The highest BCUT2D eigenvalue weighted by Crippen LogP contribution is 2.09. The molecule has 0 aromatic carbocycles. The molecule has 0 aliphatic heterocycles. The lowest BCUT2D eigenvalue weighted by Gasteiger charge is -2.21. The van der Waals surface area contributed by atoms with E-state index in [4.69, 9.17) is 4.74 Å². The number of ether oxygens (including phenoxy) is 1. The number of hydrogen-bond acceptors (Lipinski definition) is 5.